The summed E-state index contributed by atoms with van der Waals surface area (Å²) in [5.41, 5.74) is 1.57. The molecule has 1 aromatic carbocycles. The SMILES string of the molecule is C=CCNC(=O)c1ccc(OC)c(CC=C)c1. The van der Waals surface area contributed by atoms with E-state index in [1.807, 2.05) is 6.07 Å². The Morgan fingerprint density at radius 2 is 2.18 bits per heavy atom. The lowest BCUT2D eigenvalue weighted by molar-refractivity contribution is 0.0958. The Balaban J connectivity index is 2.94. The molecular weight excluding hydrogens is 214 g/mol. The average Bonchev–Trinajstić information content (AvgIpc) is 2.36. The minimum atomic E-state index is -0.113. The largest absolute Gasteiger partial charge is 0.496 e. The highest BCUT2D eigenvalue weighted by Crippen LogP contribution is 2.20. The van der Waals surface area contributed by atoms with Crippen LogP contribution in [0.1, 0.15) is 15.9 Å². The molecule has 90 valence electrons. The van der Waals surface area contributed by atoms with Crippen molar-refractivity contribution in [1.82, 2.24) is 5.32 Å². The maximum atomic E-state index is 11.7. The van der Waals surface area contributed by atoms with E-state index in [0.717, 1.165) is 11.3 Å². The first kappa shape index (κ1) is 13.0. The minimum Gasteiger partial charge on any atom is -0.496 e. The van der Waals surface area contributed by atoms with Crippen molar-refractivity contribution in [1.29, 1.82) is 0 Å². The summed E-state index contributed by atoms with van der Waals surface area (Å²) in [6.07, 6.45) is 4.10. The van der Waals surface area contributed by atoms with Gasteiger partial charge in [-0.15, -0.1) is 13.2 Å². The van der Waals surface area contributed by atoms with Crippen molar-refractivity contribution in [3.8, 4) is 5.75 Å². The van der Waals surface area contributed by atoms with Crippen molar-refractivity contribution in [3.63, 3.8) is 0 Å². The number of carbonyl (C=O) groups excluding carboxylic acids is 1. The van der Waals surface area contributed by atoms with E-state index in [0.29, 0.717) is 18.5 Å². The second-order valence-corrected chi connectivity index (χ2v) is 3.52. The first-order valence-corrected chi connectivity index (χ1v) is 5.39. The van der Waals surface area contributed by atoms with Gasteiger partial charge in [0.1, 0.15) is 5.75 Å². The highest BCUT2D eigenvalue weighted by molar-refractivity contribution is 5.94. The van der Waals surface area contributed by atoms with Crippen LogP contribution in [-0.2, 0) is 6.42 Å². The second kappa shape index (κ2) is 6.53. The fourth-order valence-corrected chi connectivity index (χ4v) is 1.50. The van der Waals surface area contributed by atoms with Crippen LogP contribution in [0.3, 0.4) is 0 Å². The van der Waals surface area contributed by atoms with Gasteiger partial charge in [-0.1, -0.05) is 12.2 Å². The van der Waals surface area contributed by atoms with Crippen molar-refractivity contribution < 1.29 is 9.53 Å². The van der Waals surface area contributed by atoms with Gasteiger partial charge in [-0.2, -0.15) is 0 Å². The van der Waals surface area contributed by atoms with Gasteiger partial charge in [0.25, 0.3) is 5.91 Å². The Kier molecular flexibility index (Phi) is 5.01. The van der Waals surface area contributed by atoms with Gasteiger partial charge in [-0.25, -0.2) is 0 Å². The van der Waals surface area contributed by atoms with Crippen LogP contribution < -0.4 is 10.1 Å². The third-order valence-electron chi connectivity index (χ3n) is 2.31. The number of amides is 1. The van der Waals surface area contributed by atoms with E-state index in [1.54, 1.807) is 31.4 Å². The first-order chi connectivity index (χ1) is 8.22. The normalized spacial score (nSPS) is 9.47. The van der Waals surface area contributed by atoms with Crippen molar-refractivity contribution >= 4 is 5.91 Å². The van der Waals surface area contributed by atoms with Crippen LogP contribution in [0.2, 0.25) is 0 Å². The van der Waals surface area contributed by atoms with E-state index in [2.05, 4.69) is 18.5 Å². The lowest BCUT2D eigenvalue weighted by Gasteiger charge is -2.09. The molecule has 3 heteroatoms. The summed E-state index contributed by atoms with van der Waals surface area (Å²) in [5, 5.41) is 2.73. The van der Waals surface area contributed by atoms with Gasteiger partial charge in [0, 0.05) is 12.1 Å². The van der Waals surface area contributed by atoms with E-state index < -0.39 is 0 Å². The number of benzene rings is 1. The predicted molar refractivity (Wildman–Crippen MR) is 69.4 cm³/mol. The maximum absolute atomic E-state index is 11.7. The lowest BCUT2D eigenvalue weighted by Crippen LogP contribution is -2.23. The molecule has 3 nitrogen and oxygen atoms in total. The molecule has 0 radical (unpaired) electrons. The average molecular weight is 231 g/mol. The fourth-order valence-electron chi connectivity index (χ4n) is 1.50. The molecule has 0 aliphatic rings. The topological polar surface area (TPSA) is 38.3 Å². The molecule has 0 bridgehead atoms. The van der Waals surface area contributed by atoms with E-state index in [4.69, 9.17) is 4.74 Å². The standard InChI is InChI=1S/C14H17NO2/c1-4-6-11-10-12(7-8-13(11)17-3)14(16)15-9-5-2/h4-5,7-8,10H,1-2,6,9H2,3H3,(H,15,16). The van der Waals surface area contributed by atoms with E-state index in [9.17, 15) is 4.79 Å². The van der Waals surface area contributed by atoms with Gasteiger partial charge in [0.15, 0.2) is 0 Å². The first-order valence-electron chi connectivity index (χ1n) is 5.39. The number of hydrogen-bond acceptors (Lipinski definition) is 2. The lowest BCUT2D eigenvalue weighted by atomic mass is 10.1. The van der Waals surface area contributed by atoms with Gasteiger partial charge >= 0.3 is 0 Å². The zero-order valence-corrected chi connectivity index (χ0v) is 10.0. The number of methoxy groups -OCH3 is 1. The molecule has 0 aliphatic carbocycles. The summed E-state index contributed by atoms with van der Waals surface area (Å²) in [7, 11) is 1.61. The van der Waals surface area contributed by atoms with Gasteiger partial charge < -0.3 is 10.1 Å². The van der Waals surface area contributed by atoms with Gasteiger partial charge in [-0.3, -0.25) is 4.79 Å². The summed E-state index contributed by atoms with van der Waals surface area (Å²) in [5.74, 6) is 0.656. The molecule has 0 saturated carbocycles. The third-order valence-corrected chi connectivity index (χ3v) is 2.31. The number of ether oxygens (including phenoxy) is 1. The summed E-state index contributed by atoms with van der Waals surface area (Å²) in [4.78, 5) is 11.7. The molecule has 1 amide bonds. The molecule has 1 aromatic rings. The van der Waals surface area contributed by atoms with Gasteiger partial charge in [0.2, 0.25) is 0 Å². The van der Waals surface area contributed by atoms with Crippen LogP contribution in [0.15, 0.2) is 43.5 Å². The second-order valence-electron chi connectivity index (χ2n) is 3.52. The Hall–Kier alpha value is -2.03. The van der Waals surface area contributed by atoms with Gasteiger partial charge in [0.05, 0.1) is 7.11 Å². The van der Waals surface area contributed by atoms with Crippen LogP contribution in [-0.4, -0.2) is 19.6 Å². The molecule has 17 heavy (non-hydrogen) atoms. The van der Waals surface area contributed by atoms with Crippen LogP contribution in [0, 0.1) is 0 Å². The summed E-state index contributed by atoms with van der Waals surface area (Å²) in [6.45, 7) is 7.70. The van der Waals surface area contributed by atoms with E-state index in [1.165, 1.54) is 0 Å². The molecule has 0 spiro atoms. The Bertz CT molecular complexity index is 424. The molecule has 0 heterocycles. The molecule has 0 fully saturated rings. The summed E-state index contributed by atoms with van der Waals surface area (Å²) >= 11 is 0. The quantitative estimate of drug-likeness (QED) is 0.763. The van der Waals surface area contributed by atoms with Crippen LogP contribution in [0.25, 0.3) is 0 Å². The number of hydrogen-bond donors (Lipinski definition) is 1. The Morgan fingerprint density at radius 3 is 2.76 bits per heavy atom. The van der Waals surface area contributed by atoms with Crippen molar-refractivity contribution in [2.75, 3.05) is 13.7 Å². The molecule has 0 aromatic heterocycles. The monoisotopic (exact) mass is 231 g/mol. The summed E-state index contributed by atoms with van der Waals surface area (Å²) in [6, 6.07) is 5.35. The fraction of sp³-hybridized carbons (Fsp3) is 0.214. The molecular formula is C14H17NO2. The predicted octanol–water partition coefficient (Wildman–Crippen LogP) is 2.34. The smallest absolute Gasteiger partial charge is 0.251 e. The zero-order valence-electron chi connectivity index (χ0n) is 10.0. The third kappa shape index (κ3) is 3.48. The Morgan fingerprint density at radius 1 is 1.41 bits per heavy atom. The minimum absolute atomic E-state index is 0.113. The van der Waals surface area contributed by atoms with Crippen molar-refractivity contribution in [3.05, 3.63) is 54.6 Å². The van der Waals surface area contributed by atoms with E-state index in [-0.39, 0.29) is 5.91 Å². The Labute approximate surface area is 102 Å². The number of rotatable bonds is 6. The summed E-state index contributed by atoms with van der Waals surface area (Å²) < 4.78 is 5.22. The zero-order chi connectivity index (χ0) is 12.7. The molecule has 0 atom stereocenters. The van der Waals surface area contributed by atoms with Crippen LogP contribution in [0.4, 0.5) is 0 Å². The molecule has 1 rings (SSSR count). The molecule has 0 aliphatic heterocycles. The van der Waals surface area contributed by atoms with Gasteiger partial charge in [-0.05, 0) is 30.2 Å². The highest BCUT2D eigenvalue weighted by Gasteiger charge is 2.08. The van der Waals surface area contributed by atoms with E-state index >= 15 is 0 Å². The van der Waals surface area contributed by atoms with Crippen molar-refractivity contribution in [2.45, 2.75) is 6.42 Å². The highest BCUT2D eigenvalue weighted by atomic mass is 16.5. The van der Waals surface area contributed by atoms with Crippen LogP contribution in [0.5, 0.6) is 5.75 Å². The maximum Gasteiger partial charge on any atom is 0.251 e. The number of nitrogens with one attached hydrogen (secondary N) is 1. The number of allylic oxidation sites excluding steroid dienone is 1. The van der Waals surface area contributed by atoms with Crippen LogP contribution >= 0.6 is 0 Å². The molecule has 0 saturated heterocycles. The van der Waals surface area contributed by atoms with Crippen molar-refractivity contribution in [2.24, 2.45) is 0 Å². The molecule has 0 unspecified atom stereocenters. The molecule has 1 N–H and O–H groups in total. The number of carbonyl (C=O) groups is 1.